The highest BCUT2D eigenvalue weighted by atomic mass is 32.1. The first-order valence-corrected chi connectivity index (χ1v) is 8.21. The SMILES string of the molecule is CC1CCC(C2CN=C(N)N2Cc2cccs2)CC1. The van der Waals surface area contributed by atoms with Crippen LogP contribution in [-0.2, 0) is 6.54 Å². The van der Waals surface area contributed by atoms with Crippen molar-refractivity contribution in [2.45, 2.75) is 45.2 Å². The monoisotopic (exact) mass is 277 g/mol. The maximum atomic E-state index is 6.10. The molecule has 2 heterocycles. The van der Waals surface area contributed by atoms with Crippen LogP contribution in [0.15, 0.2) is 22.5 Å². The Labute approximate surface area is 119 Å². The Morgan fingerprint density at radius 3 is 2.84 bits per heavy atom. The van der Waals surface area contributed by atoms with Gasteiger partial charge in [0.15, 0.2) is 5.96 Å². The van der Waals surface area contributed by atoms with Crippen molar-refractivity contribution in [2.75, 3.05) is 6.54 Å². The maximum absolute atomic E-state index is 6.10. The Kier molecular flexibility index (Phi) is 3.78. The van der Waals surface area contributed by atoms with Crippen molar-refractivity contribution in [2.24, 2.45) is 22.6 Å². The molecule has 1 aliphatic heterocycles. The average Bonchev–Trinajstić information content (AvgIpc) is 3.03. The van der Waals surface area contributed by atoms with Crippen LogP contribution < -0.4 is 5.73 Å². The fraction of sp³-hybridized carbons (Fsp3) is 0.667. The van der Waals surface area contributed by atoms with Gasteiger partial charge in [0.1, 0.15) is 0 Å². The van der Waals surface area contributed by atoms with Crippen LogP contribution in [0.3, 0.4) is 0 Å². The van der Waals surface area contributed by atoms with E-state index in [1.165, 1.54) is 30.6 Å². The van der Waals surface area contributed by atoms with E-state index in [-0.39, 0.29) is 0 Å². The van der Waals surface area contributed by atoms with E-state index in [9.17, 15) is 0 Å². The minimum absolute atomic E-state index is 0.537. The van der Waals surface area contributed by atoms with E-state index < -0.39 is 0 Å². The lowest BCUT2D eigenvalue weighted by Gasteiger charge is -2.36. The highest BCUT2D eigenvalue weighted by Gasteiger charge is 2.34. The molecule has 4 heteroatoms. The zero-order valence-electron chi connectivity index (χ0n) is 11.6. The van der Waals surface area contributed by atoms with Gasteiger partial charge in [-0.1, -0.05) is 25.8 Å². The topological polar surface area (TPSA) is 41.6 Å². The summed E-state index contributed by atoms with van der Waals surface area (Å²) in [5.41, 5.74) is 6.10. The predicted molar refractivity (Wildman–Crippen MR) is 81.3 cm³/mol. The van der Waals surface area contributed by atoms with E-state index in [2.05, 4.69) is 34.3 Å². The van der Waals surface area contributed by atoms with Crippen LogP contribution in [0.25, 0.3) is 0 Å². The first kappa shape index (κ1) is 13.0. The van der Waals surface area contributed by atoms with Crippen LogP contribution in [-0.4, -0.2) is 23.4 Å². The molecular formula is C15H23N3S. The lowest BCUT2D eigenvalue weighted by Crippen LogP contribution is -2.44. The lowest BCUT2D eigenvalue weighted by molar-refractivity contribution is 0.177. The predicted octanol–water partition coefficient (Wildman–Crippen LogP) is 3.07. The quantitative estimate of drug-likeness (QED) is 0.922. The van der Waals surface area contributed by atoms with E-state index in [0.717, 1.165) is 30.9 Å². The first-order valence-electron chi connectivity index (χ1n) is 7.33. The van der Waals surface area contributed by atoms with Crippen LogP contribution in [0.4, 0.5) is 0 Å². The van der Waals surface area contributed by atoms with Gasteiger partial charge in [-0.05, 0) is 36.1 Å². The smallest absolute Gasteiger partial charge is 0.191 e. The van der Waals surface area contributed by atoms with Gasteiger partial charge in [-0.2, -0.15) is 0 Å². The van der Waals surface area contributed by atoms with Crippen molar-refractivity contribution >= 4 is 17.3 Å². The normalized spacial score (nSPS) is 31.5. The Bertz CT molecular complexity index is 432. The Morgan fingerprint density at radius 1 is 1.37 bits per heavy atom. The van der Waals surface area contributed by atoms with Gasteiger partial charge in [0, 0.05) is 4.88 Å². The largest absolute Gasteiger partial charge is 0.370 e. The summed E-state index contributed by atoms with van der Waals surface area (Å²) in [6.45, 7) is 4.21. The summed E-state index contributed by atoms with van der Waals surface area (Å²) in [6.07, 6.45) is 5.42. The maximum Gasteiger partial charge on any atom is 0.191 e. The summed E-state index contributed by atoms with van der Waals surface area (Å²) in [7, 11) is 0. The summed E-state index contributed by atoms with van der Waals surface area (Å²) < 4.78 is 0. The van der Waals surface area contributed by atoms with E-state index in [1.807, 2.05) is 11.3 Å². The van der Waals surface area contributed by atoms with E-state index >= 15 is 0 Å². The third-order valence-corrected chi connectivity index (χ3v) is 5.51. The number of nitrogens with two attached hydrogens (primary N) is 1. The molecule has 1 aromatic heterocycles. The molecule has 104 valence electrons. The number of rotatable bonds is 3. The lowest BCUT2D eigenvalue weighted by atomic mass is 9.79. The Hall–Kier alpha value is -1.03. The molecule has 1 atom stereocenters. The molecule has 0 saturated heterocycles. The second kappa shape index (κ2) is 5.53. The molecular weight excluding hydrogens is 254 g/mol. The average molecular weight is 277 g/mol. The molecule has 3 rings (SSSR count). The van der Waals surface area contributed by atoms with Crippen molar-refractivity contribution in [3.8, 4) is 0 Å². The molecule has 1 unspecified atom stereocenters. The fourth-order valence-corrected chi connectivity index (χ4v) is 4.09. The van der Waals surface area contributed by atoms with E-state index in [1.54, 1.807) is 0 Å². The summed E-state index contributed by atoms with van der Waals surface area (Å²) in [5.74, 6) is 2.43. The summed E-state index contributed by atoms with van der Waals surface area (Å²) in [4.78, 5) is 8.22. The molecule has 0 radical (unpaired) electrons. The van der Waals surface area contributed by atoms with Crippen molar-refractivity contribution in [1.29, 1.82) is 0 Å². The molecule has 0 amide bonds. The zero-order chi connectivity index (χ0) is 13.2. The number of guanidine groups is 1. The van der Waals surface area contributed by atoms with Gasteiger partial charge >= 0.3 is 0 Å². The number of nitrogens with zero attached hydrogens (tertiary/aromatic N) is 2. The highest BCUT2D eigenvalue weighted by molar-refractivity contribution is 7.09. The minimum atomic E-state index is 0.537. The Balaban J connectivity index is 1.67. The van der Waals surface area contributed by atoms with Gasteiger partial charge in [0.05, 0.1) is 19.1 Å². The third kappa shape index (κ3) is 2.78. The summed E-state index contributed by atoms with van der Waals surface area (Å²) in [5, 5.41) is 2.13. The van der Waals surface area contributed by atoms with Crippen LogP contribution in [0.5, 0.6) is 0 Å². The van der Waals surface area contributed by atoms with Crippen molar-refractivity contribution in [1.82, 2.24) is 4.90 Å². The zero-order valence-corrected chi connectivity index (χ0v) is 12.4. The fourth-order valence-electron chi connectivity index (χ4n) is 3.39. The van der Waals surface area contributed by atoms with Crippen LogP contribution in [0, 0.1) is 11.8 Å². The number of hydrogen-bond donors (Lipinski definition) is 1. The minimum Gasteiger partial charge on any atom is -0.370 e. The number of hydrogen-bond acceptors (Lipinski definition) is 4. The molecule has 1 aliphatic carbocycles. The van der Waals surface area contributed by atoms with Gasteiger partial charge in [-0.3, -0.25) is 4.99 Å². The van der Waals surface area contributed by atoms with Gasteiger partial charge in [-0.25, -0.2) is 0 Å². The van der Waals surface area contributed by atoms with E-state index in [4.69, 9.17) is 5.73 Å². The number of thiophene rings is 1. The molecule has 1 saturated carbocycles. The molecule has 0 bridgehead atoms. The summed E-state index contributed by atoms with van der Waals surface area (Å²) in [6, 6.07) is 4.84. The standard InChI is InChI=1S/C15H23N3S/c1-11-4-6-12(7-5-11)14-9-17-15(16)18(14)10-13-3-2-8-19-13/h2-3,8,11-12,14H,4-7,9-10H2,1H3,(H2,16,17). The van der Waals surface area contributed by atoms with Crippen molar-refractivity contribution in [3.63, 3.8) is 0 Å². The molecule has 1 aromatic rings. The van der Waals surface area contributed by atoms with Crippen molar-refractivity contribution in [3.05, 3.63) is 22.4 Å². The van der Waals surface area contributed by atoms with Crippen LogP contribution >= 0.6 is 11.3 Å². The molecule has 19 heavy (non-hydrogen) atoms. The third-order valence-electron chi connectivity index (χ3n) is 4.65. The molecule has 0 spiro atoms. The number of aliphatic imine (C=N–C) groups is 1. The second-order valence-corrected chi connectivity index (χ2v) is 7.03. The first-order chi connectivity index (χ1) is 9.24. The van der Waals surface area contributed by atoms with Crippen LogP contribution in [0.2, 0.25) is 0 Å². The van der Waals surface area contributed by atoms with Crippen molar-refractivity contribution < 1.29 is 0 Å². The summed E-state index contributed by atoms with van der Waals surface area (Å²) >= 11 is 1.81. The van der Waals surface area contributed by atoms with Gasteiger partial charge < -0.3 is 10.6 Å². The molecule has 2 aliphatic rings. The van der Waals surface area contributed by atoms with E-state index in [0.29, 0.717) is 6.04 Å². The molecule has 3 nitrogen and oxygen atoms in total. The molecule has 2 N–H and O–H groups in total. The van der Waals surface area contributed by atoms with Gasteiger partial charge in [0.2, 0.25) is 0 Å². The highest BCUT2D eigenvalue weighted by Crippen LogP contribution is 2.34. The second-order valence-electron chi connectivity index (χ2n) is 5.99. The van der Waals surface area contributed by atoms with Gasteiger partial charge in [0.25, 0.3) is 0 Å². The van der Waals surface area contributed by atoms with Crippen LogP contribution in [0.1, 0.15) is 37.5 Å². The Morgan fingerprint density at radius 2 is 2.16 bits per heavy atom. The molecule has 0 aromatic carbocycles. The van der Waals surface area contributed by atoms with Gasteiger partial charge in [-0.15, -0.1) is 11.3 Å². The molecule has 1 fully saturated rings.